The number of rotatable bonds is 5. The zero-order valence-corrected chi connectivity index (χ0v) is 11.1. The van der Waals surface area contributed by atoms with E-state index in [-0.39, 0.29) is 12.0 Å². The van der Waals surface area contributed by atoms with E-state index in [0.717, 1.165) is 38.0 Å². The van der Waals surface area contributed by atoms with Gasteiger partial charge in [0.05, 0.1) is 24.8 Å². The van der Waals surface area contributed by atoms with Crippen LogP contribution in [0.2, 0.25) is 0 Å². The molecule has 4 heteroatoms. The number of pyridine rings is 1. The van der Waals surface area contributed by atoms with Crippen LogP contribution in [-0.2, 0) is 16.1 Å². The minimum atomic E-state index is 0.137. The van der Waals surface area contributed by atoms with Crippen LogP contribution in [0.1, 0.15) is 37.8 Å². The quantitative estimate of drug-likeness (QED) is 0.814. The first-order chi connectivity index (χ1) is 9.33. The minimum absolute atomic E-state index is 0.137. The molecule has 0 bridgehead atoms. The lowest BCUT2D eigenvalue weighted by molar-refractivity contribution is -0.134. The molecular formula is C15H20N2O2. The molecule has 0 aromatic carbocycles. The van der Waals surface area contributed by atoms with Crippen LogP contribution in [0.15, 0.2) is 24.4 Å². The molecular weight excluding hydrogens is 240 g/mol. The fourth-order valence-corrected chi connectivity index (χ4v) is 2.59. The molecule has 0 spiro atoms. The van der Waals surface area contributed by atoms with E-state index in [9.17, 15) is 4.79 Å². The number of hydrogen-bond donors (Lipinski definition) is 0. The highest BCUT2D eigenvalue weighted by Crippen LogP contribution is 2.29. The number of ether oxygens (including phenoxy) is 1. The molecule has 0 N–H and O–H groups in total. The van der Waals surface area contributed by atoms with Crippen molar-refractivity contribution in [3.05, 3.63) is 30.1 Å². The van der Waals surface area contributed by atoms with Crippen LogP contribution in [0.25, 0.3) is 0 Å². The number of carbonyl (C=O) groups excluding carboxylic acids is 1. The van der Waals surface area contributed by atoms with Gasteiger partial charge < -0.3 is 9.64 Å². The monoisotopic (exact) mass is 260 g/mol. The average Bonchev–Trinajstić information content (AvgIpc) is 3.15. The SMILES string of the molecule is O=C(C[C@H]1CCCO1)N(Cc1ccccn1)C1CC1. The lowest BCUT2D eigenvalue weighted by Crippen LogP contribution is -2.35. The van der Waals surface area contributed by atoms with E-state index in [4.69, 9.17) is 4.74 Å². The highest BCUT2D eigenvalue weighted by Gasteiger charge is 2.34. The van der Waals surface area contributed by atoms with Crippen molar-refractivity contribution in [2.45, 2.75) is 50.8 Å². The molecule has 0 radical (unpaired) electrons. The highest BCUT2D eigenvalue weighted by molar-refractivity contribution is 5.77. The molecule has 1 aromatic heterocycles. The summed E-state index contributed by atoms with van der Waals surface area (Å²) < 4.78 is 5.56. The Labute approximate surface area is 113 Å². The maximum atomic E-state index is 12.4. The van der Waals surface area contributed by atoms with Gasteiger partial charge in [0.2, 0.25) is 5.91 Å². The van der Waals surface area contributed by atoms with Crippen LogP contribution in [0.3, 0.4) is 0 Å². The van der Waals surface area contributed by atoms with E-state index < -0.39 is 0 Å². The van der Waals surface area contributed by atoms with Gasteiger partial charge in [-0.05, 0) is 37.8 Å². The maximum absolute atomic E-state index is 12.4. The van der Waals surface area contributed by atoms with Gasteiger partial charge in [-0.2, -0.15) is 0 Å². The Hall–Kier alpha value is -1.42. The Morgan fingerprint density at radius 3 is 2.89 bits per heavy atom. The Morgan fingerprint density at radius 2 is 2.26 bits per heavy atom. The molecule has 102 valence electrons. The Balaban J connectivity index is 1.61. The third kappa shape index (κ3) is 3.32. The summed E-state index contributed by atoms with van der Waals surface area (Å²) in [6.45, 7) is 1.44. The predicted molar refractivity (Wildman–Crippen MR) is 71.4 cm³/mol. The fraction of sp³-hybridized carbons (Fsp3) is 0.600. The van der Waals surface area contributed by atoms with Crippen molar-refractivity contribution in [3.8, 4) is 0 Å². The van der Waals surface area contributed by atoms with Crippen molar-refractivity contribution in [2.24, 2.45) is 0 Å². The number of carbonyl (C=O) groups is 1. The number of aromatic nitrogens is 1. The maximum Gasteiger partial charge on any atom is 0.225 e. The van der Waals surface area contributed by atoms with Crippen LogP contribution < -0.4 is 0 Å². The summed E-state index contributed by atoms with van der Waals surface area (Å²) in [5.74, 6) is 0.222. The number of nitrogens with zero attached hydrogens (tertiary/aromatic N) is 2. The summed E-state index contributed by atoms with van der Waals surface area (Å²) in [6, 6.07) is 6.28. The zero-order chi connectivity index (χ0) is 13.1. The van der Waals surface area contributed by atoms with E-state index >= 15 is 0 Å². The minimum Gasteiger partial charge on any atom is -0.378 e. The second-order valence-corrected chi connectivity index (χ2v) is 5.41. The van der Waals surface area contributed by atoms with E-state index in [2.05, 4.69) is 4.98 Å². The van der Waals surface area contributed by atoms with Crippen LogP contribution in [-0.4, -0.2) is 34.5 Å². The highest BCUT2D eigenvalue weighted by atomic mass is 16.5. The van der Waals surface area contributed by atoms with E-state index in [1.54, 1.807) is 6.20 Å². The molecule has 1 saturated carbocycles. The molecule has 1 amide bonds. The van der Waals surface area contributed by atoms with Gasteiger partial charge in [-0.1, -0.05) is 6.07 Å². The average molecular weight is 260 g/mol. The predicted octanol–water partition coefficient (Wildman–Crippen LogP) is 2.14. The summed E-state index contributed by atoms with van der Waals surface area (Å²) in [4.78, 5) is 18.7. The van der Waals surface area contributed by atoms with Gasteiger partial charge >= 0.3 is 0 Å². The topological polar surface area (TPSA) is 42.4 Å². The van der Waals surface area contributed by atoms with Crippen molar-refractivity contribution < 1.29 is 9.53 Å². The van der Waals surface area contributed by atoms with Crippen LogP contribution in [0.5, 0.6) is 0 Å². The zero-order valence-electron chi connectivity index (χ0n) is 11.1. The molecule has 4 nitrogen and oxygen atoms in total. The molecule has 2 aliphatic rings. The first-order valence-corrected chi connectivity index (χ1v) is 7.14. The molecule has 1 aliphatic heterocycles. The number of amides is 1. The van der Waals surface area contributed by atoms with Crippen LogP contribution in [0, 0.1) is 0 Å². The normalized spacial score (nSPS) is 22.4. The van der Waals surface area contributed by atoms with Crippen molar-refractivity contribution in [1.82, 2.24) is 9.88 Å². The molecule has 1 aliphatic carbocycles. The van der Waals surface area contributed by atoms with E-state index in [1.807, 2.05) is 23.1 Å². The van der Waals surface area contributed by atoms with Crippen molar-refractivity contribution in [1.29, 1.82) is 0 Å². The fourth-order valence-electron chi connectivity index (χ4n) is 2.59. The first kappa shape index (κ1) is 12.6. The third-order valence-electron chi connectivity index (χ3n) is 3.79. The lowest BCUT2D eigenvalue weighted by Gasteiger charge is -2.23. The van der Waals surface area contributed by atoms with Gasteiger partial charge in [0.25, 0.3) is 0 Å². The Bertz CT molecular complexity index is 425. The summed E-state index contributed by atoms with van der Waals surface area (Å²) >= 11 is 0. The molecule has 3 rings (SSSR count). The lowest BCUT2D eigenvalue weighted by atomic mass is 10.1. The van der Waals surface area contributed by atoms with E-state index in [0.29, 0.717) is 19.0 Å². The van der Waals surface area contributed by atoms with Gasteiger partial charge in [0.1, 0.15) is 0 Å². The molecule has 1 aromatic rings. The summed E-state index contributed by atoms with van der Waals surface area (Å²) in [5.41, 5.74) is 0.968. The van der Waals surface area contributed by atoms with Crippen LogP contribution in [0.4, 0.5) is 0 Å². The van der Waals surface area contributed by atoms with Gasteiger partial charge in [-0.25, -0.2) is 0 Å². The molecule has 2 heterocycles. The first-order valence-electron chi connectivity index (χ1n) is 7.14. The Morgan fingerprint density at radius 1 is 1.37 bits per heavy atom. The Kier molecular flexibility index (Phi) is 3.78. The van der Waals surface area contributed by atoms with Crippen molar-refractivity contribution >= 4 is 5.91 Å². The van der Waals surface area contributed by atoms with Gasteiger partial charge in [-0.3, -0.25) is 9.78 Å². The van der Waals surface area contributed by atoms with E-state index in [1.165, 1.54) is 0 Å². The summed E-state index contributed by atoms with van der Waals surface area (Å²) in [6.07, 6.45) is 6.82. The van der Waals surface area contributed by atoms with Crippen molar-refractivity contribution in [2.75, 3.05) is 6.61 Å². The van der Waals surface area contributed by atoms with Gasteiger partial charge in [0, 0.05) is 18.8 Å². The molecule has 1 saturated heterocycles. The smallest absolute Gasteiger partial charge is 0.225 e. The molecule has 0 unspecified atom stereocenters. The standard InChI is InChI=1S/C15H20N2O2/c18-15(10-14-5-3-9-19-14)17(13-6-7-13)11-12-4-1-2-8-16-12/h1-2,4,8,13-14H,3,5-7,9-11H2/t14-/m1/s1. The van der Waals surface area contributed by atoms with Gasteiger partial charge in [-0.15, -0.1) is 0 Å². The summed E-state index contributed by atoms with van der Waals surface area (Å²) in [5, 5.41) is 0. The largest absolute Gasteiger partial charge is 0.378 e. The number of hydrogen-bond acceptors (Lipinski definition) is 3. The second kappa shape index (κ2) is 5.70. The molecule has 2 fully saturated rings. The third-order valence-corrected chi connectivity index (χ3v) is 3.79. The van der Waals surface area contributed by atoms with Crippen LogP contribution >= 0.6 is 0 Å². The second-order valence-electron chi connectivity index (χ2n) is 5.41. The van der Waals surface area contributed by atoms with Crippen molar-refractivity contribution in [3.63, 3.8) is 0 Å². The van der Waals surface area contributed by atoms with Gasteiger partial charge in [0.15, 0.2) is 0 Å². The molecule has 1 atom stereocenters. The summed E-state index contributed by atoms with van der Waals surface area (Å²) in [7, 11) is 0. The molecule has 19 heavy (non-hydrogen) atoms.